The number of hydrogen-bond donors (Lipinski definition) is 0. The fourth-order valence-corrected chi connectivity index (χ4v) is 2.14. The first-order chi connectivity index (χ1) is 6.15. The maximum atomic E-state index is 3.99. The summed E-state index contributed by atoms with van der Waals surface area (Å²) in [6.45, 7) is 8.24. The van der Waals surface area contributed by atoms with E-state index in [1.165, 1.54) is 10.5 Å². The van der Waals surface area contributed by atoms with Crippen LogP contribution >= 0.6 is 11.8 Å². The minimum absolute atomic E-state index is 0.524. The van der Waals surface area contributed by atoms with Crippen LogP contribution < -0.4 is 0 Å². The molecule has 0 fully saturated rings. The van der Waals surface area contributed by atoms with E-state index in [2.05, 4.69) is 51.0 Å². The van der Waals surface area contributed by atoms with Crippen LogP contribution in [-0.2, 0) is 0 Å². The van der Waals surface area contributed by atoms with Crippen LogP contribution in [0.25, 0.3) is 0 Å². The van der Waals surface area contributed by atoms with Crippen molar-refractivity contribution in [3.8, 4) is 0 Å². The Morgan fingerprint density at radius 2 is 2.23 bits per heavy atom. The van der Waals surface area contributed by atoms with Crippen molar-refractivity contribution in [2.24, 2.45) is 5.92 Å². The van der Waals surface area contributed by atoms with Gasteiger partial charge in [-0.1, -0.05) is 37.8 Å². The van der Waals surface area contributed by atoms with Crippen LogP contribution in [0.3, 0.4) is 0 Å². The average Bonchev–Trinajstić information content (AvgIpc) is 2.26. The molecule has 1 atom stereocenters. The van der Waals surface area contributed by atoms with E-state index in [9.17, 15) is 0 Å². The first kappa shape index (κ1) is 10.4. The van der Waals surface area contributed by atoms with Crippen molar-refractivity contribution in [1.82, 2.24) is 0 Å². The molecule has 0 aromatic rings. The van der Waals surface area contributed by atoms with E-state index in [1.54, 1.807) is 11.8 Å². The van der Waals surface area contributed by atoms with Gasteiger partial charge in [0, 0.05) is 4.91 Å². The van der Waals surface area contributed by atoms with E-state index in [0.717, 1.165) is 5.57 Å². The Bertz CT molecular complexity index is 292. The SMILES string of the molecule is C=C(C)C1=CC=CC(C)C=C1SC. The summed E-state index contributed by atoms with van der Waals surface area (Å²) in [5, 5.41) is 0. The minimum Gasteiger partial charge on any atom is -0.129 e. The van der Waals surface area contributed by atoms with Crippen LogP contribution in [0.4, 0.5) is 0 Å². The predicted molar refractivity (Wildman–Crippen MR) is 62.8 cm³/mol. The summed E-state index contributed by atoms with van der Waals surface area (Å²) in [5.41, 5.74) is 2.41. The third kappa shape index (κ3) is 2.63. The third-order valence-corrected chi connectivity index (χ3v) is 2.83. The molecule has 0 saturated heterocycles. The van der Waals surface area contributed by atoms with Crippen molar-refractivity contribution in [2.75, 3.05) is 6.26 Å². The van der Waals surface area contributed by atoms with Crippen LogP contribution in [0.2, 0.25) is 0 Å². The Kier molecular flexibility index (Phi) is 3.61. The molecule has 1 rings (SSSR count). The Morgan fingerprint density at radius 1 is 1.54 bits per heavy atom. The minimum atomic E-state index is 0.524. The largest absolute Gasteiger partial charge is 0.129 e. The van der Waals surface area contributed by atoms with Crippen LogP contribution in [0.1, 0.15) is 13.8 Å². The second-order valence-electron chi connectivity index (χ2n) is 3.34. The molecule has 1 heteroatoms. The summed E-state index contributed by atoms with van der Waals surface area (Å²) < 4.78 is 0. The van der Waals surface area contributed by atoms with Crippen LogP contribution in [0.5, 0.6) is 0 Å². The third-order valence-electron chi connectivity index (χ3n) is 2.04. The second kappa shape index (κ2) is 4.52. The van der Waals surface area contributed by atoms with E-state index in [0.29, 0.717) is 5.92 Å². The van der Waals surface area contributed by atoms with Gasteiger partial charge in [0.15, 0.2) is 0 Å². The molecule has 0 aromatic heterocycles. The average molecular weight is 192 g/mol. The summed E-state index contributed by atoms with van der Waals surface area (Å²) in [4.78, 5) is 1.34. The van der Waals surface area contributed by atoms with Gasteiger partial charge >= 0.3 is 0 Å². The topological polar surface area (TPSA) is 0 Å². The Labute approximate surface area is 85.1 Å². The van der Waals surface area contributed by atoms with E-state index in [1.807, 2.05) is 0 Å². The summed E-state index contributed by atoms with van der Waals surface area (Å²) in [6.07, 6.45) is 10.9. The monoisotopic (exact) mass is 192 g/mol. The highest BCUT2D eigenvalue weighted by Gasteiger charge is 2.07. The fraction of sp³-hybridized carbons (Fsp3) is 0.333. The van der Waals surface area contributed by atoms with Gasteiger partial charge in [-0.2, -0.15) is 0 Å². The van der Waals surface area contributed by atoms with Gasteiger partial charge in [-0.05, 0) is 30.2 Å². The predicted octanol–water partition coefficient (Wildman–Crippen LogP) is 3.94. The first-order valence-corrected chi connectivity index (χ1v) is 5.68. The molecule has 1 aliphatic rings. The maximum Gasteiger partial charge on any atom is 0.0110 e. The molecule has 1 unspecified atom stereocenters. The lowest BCUT2D eigenvalue weighted by Gasteiger charge is -2.08. The Balaban J connectivity index is 3.04. The van der Waals surface area contributed by atoms with Crippen molar-refractivity contribution in [1.29, 1.82) is 0 Å². The normalized spacial score (nSPS) is 21.9. The van der Waals surface area contributed by atoms with Gasteiger partial charge in [0.05, 0.1) is 0 Å². The molecule has 13 heavy (non-hydrogen) atoms. The van der Waals surface area contributed by atoms with Gasteiger partial charge in [-0.3, -0.25) is 0 Å². The van der Waals surface area contributed by atoms with Gasteiger partial charge in [0.25, 0.3) is 0 Å². The zero-order valence-electron chi connectivity index (χ0n) is 8.50. The molecule has 0 amide bonds. The molecular weight excluding hydrogens is 176 g/mol. The lowest BCUT2D eigenvalue weighted by molar-refractivity contribution is 0.940. The molecule has 0 bridgehead atoms. The lowest BCUT2D eigenvalue weighted by atomic mass is 10.1. The number of rotatable bonds is 2. The highest BCUT2D eigenvalue weighted by Crippen LogP contribution is 2.29. The fourth-order valence-electron chi connectivity index (χ4n) is 1.32. The Morgan fingerprint density at radius 3 is 2.77 bits per heavy atom. The van der Waals surface area contributed by atoms with Gasteiger partial charge in [0.2, 0.25) is 0 Å². The van der Waals surface area contributed by atoms with E-state index in [4.69, 9.17) is 0 Å². The van der Waals surface area contributed by atoms with Crippen molar-refractivity contribution in [3.05, 3.63) is 46.9 Å². The molecule has 70 valence electrons. The zero-order valence-corrected chi connectivity index (χ0v) is 9.32. The molecule has 0 aliphatic heterocycles. The zero-order chi connectivity index (χ0) is 9.84. The van der Waals surface area contributed by atoms with E-state index < -0.39 is 0 Å². The van der Waals surface area contributed by atoms with Gasteiger partial charge in [0.1, 0.15) is 0 Å². The molecule has 0 heterocycles. The molecule has 0 saturated carbocycles. The highest BCUT2D eigenvalue weighted by atomic mass is 32.2. The van der Waals surface area contributed by atoms with Crippen LogP contribution in [0.15, 0.2) is 46.9 Å². The highest BCUT2D eigenvalue weighted by molar-refractivity contribution is 8.02. The molecule has 0 aromatic carbocycles. The second-order valence-corrected chi connectivity index (χ2v) is 4.19. The summed E-state index contributed by atoms with van der Waals surface area (Å²) in [7, 11) is 0. The number of allylic oxidation sites excluding steroid dienone is 6. The van der Waals surface area contributed by atoms with Crippen molar-refractivity contribution in [3.63, 3.8) is 0 Å². The molecule has 0 spiro atoms. The van der Waals surface area contributed by atoms with Gasteiger partial charge < -0.3 is 0 Å². The number of hydrogen-bond acceptors (Lipinski definition) is 1. The summed E-state index contributed by atoms with van der Waals surface area (Å²) in [6, 6.07) is 0. The van der Waals surface area contributed by atoms with E-state index >= 15 is 0 Å². The standard InChI is InChI=1S/C12H16S/c1-9(2)11-7-5-6-10(3)8-12(11)13-4/h5-8,10H,1H2,2-4H3. The smallest absolute Gasteiger partial charge is 0.0110 e. The molecular formula is C12H16S. The van der Waals surface area contributed by atoms with Crippen molar-refractivity contribution < 1.29 is 0 Å². The van der Waals surface area contributed by atoms with Crippen LogP contribution in [0, 0.1) is 5.92 Å². The molecule has 0 radical (unpaired) electrons. The van der Waals surface area contributed by atoms with Crippen molar-refractivity contribution >= 4 is 11.8 Å². The van der Waals surface area contributed by atoms with Crippen LogP contribution in [-0.4, -0.2) is 6.26 Å². The first-order valence-electron chi connectivity index (χ1n) is 4.45. The van der Waals surface area contributed by atoms with Gasteiger partial charge in [-0.15, -0.1) is 11.8 Å². The maximum absolute atomic E-state index is 3.99. The van der Waals surface area contributed by atoms with Gasteiger partial charge in [-0.25, -0.2) is 0 Å². The number of thioether (sulfide) groups is 1. The summed E-state index contributed by atoms with van der Waals surface area (Å²) in [5.74, 6) is 0.524. The Hall–Kier alpha value is -0.690. The van der Waals surface area contributed by atoms with E-state index in [-0.39, 0.29) is 0 Å². The quantitative estimate of drug-likeness (QED) is 0.638. The molecule has 0 N–H and O–H groups in total. The molecule has 1 aliphatic carbocycles. The lowest BCUT2D eigenvalue weighted by Crippen LogP contribution is -1.88. The summed E-state index contributed by atoms with van der Waals surface area (Å²) >= 11 is 1.79. The molecule has 0 nitrogen and oxygen atoms in total. The van der Waals surface area contributed by atoms with Crippen molar-refractivity contribution in [2.45, 2.75) is 13.8 Å².